The largest absolute Gasteiger partial charge is 0.504 e. The van der Waals surface area contributed by atoms with Crippen molar-refractivity contribution in [2.75, 3.05) is 14.2 Å². The molecule has 0 radical (unpaired) electrons. The molecule has 1 saturated carbocycles. The topological polar surface area (TPSA) is 58.9 Å². The zero-order valence-corrected chi connectivity index (χ0v) is 13.1. The Bertz CT molecular complexity index is 578. The van der Waals surface area contributed by atoms with Gasteiger partial charge < -0.3 is 9.84 Å². The number of hydrogen-bond donors (Lipinski definition) is 1. The molecule has 1 N–H and O–H groups in total. The highest BCUT2D eigenvalue weighted by Gasteiger charge is 2.35. The SMILES string of the molecule is CN=C(C)C1CCC(=O)CC1c1c(C)ccc(OC)c1O. The molecule has 0 amide bonds. The van der Waals surface area contributed by atoms with Crippen LogP contribution in [-0.2, 0) is 4.79 Å². The van der Waals surface area contributed by atoms with E-state index in [1.807, 2.05) is 19.9 Å². The Morgan fingerprint density at radius 1 is 1.43 bits per heavy atom. The molecule has 2 unspecified atom stereocenters. The zero-order valence-electron chi connectivity index (χ0n) is 13.1. The van der Waals surface area contributed by atoms with Crippen LogP contribution in [0, 0.1) is 12.8 Å². The van der Waals surface area contributed by atoms with Gasteiger partial charge in [0.1, 0.15) is 5.78 Å². The fourth-order valence-electron chi connectivity index (χ4n) is 3.30. The molecule has 4 heteroatoms. The number of carbonyl (C=O) groups is 1. The van der Waals surface area contributed by atoms with E-state index in [0.29, 0.717) is 18.6 Å². The van der Waals surface area contributed by atoms with Crippen molar-refractivity contribution in [2.24, 2.45) is 10.9 Å². The van der Waals surface area contributed by atoms with E-state index in [-0.39, 0.29) is 23.4 Å². The normalized spacial score (nSPS) is 23.2. The highest BCUT2D eigenvalue weighted by atomic mass is 16.5. The van der Waals surface area contributed by atoms with Crippen LogP contribution in [0.2, 0.25) is 0 Å². The summed E-state index contributed by atoms with van der Waals surface area (Å²) in [6.07, 6.45) is 1.85. The highest BCUT2D eigenvalue weighted by molar-refractivity contribution is 5.89. The number of ether oxygens (including phenoxy) is 1. The van der Waals surface area contributed by atoms with Gasteiger partial charge in [0.25, 0.3) is 0 Å². The van der Waals surface area contributed by atoms with Crippen molar-refractivity contribution < 1.29 is 14.6 Å². The number of methoxy groups -OCH3 is 1. The maximum absolute atomic E-state index is 11.9. The maximum Gasteiger partial charge on any atom is 0.161 e. The zero-order chi connectivity index (χ0) is 15.6. The molecule has 0 bridgehead atoms. The van der Waals surface area contributed by atoms with Crippen molar-refractivity contribution in [3.8, 4) is 11.5 Å². The average Bonchev–Trinajstić information content (AvgIpc) is 2.47. The van der Waals surface area contributed by atoms with E-state index in [2.05, 4.69) is 4.99 Å². The minimum Gasteiger partial charge on any atom is -0.504 e. The summed E-state index contributed by atoms with van der Waals surface area (Å²) >= 11 is 0. The first kappa shape index (κ1) is 15.5. The monoisotopic (exact) mass is 289 g/mol. The van der Waals surface area contributed by atoms with E-state index in [9.17, 15) is 9.90 Å². The van der Waals surface area contributed by atoms with Gasteiger partial charge in [-0.25, -0.2) is 0 Å². The van der Waals surface area contributed by atoms with E-state index >= 15 is 0 Å². The van der Waals surface area contributed by atoms with Crippen molar-refractivity contribution in [2.45, 2.75) is 39.0 Å². The molecule has 1 aliphatic carbocycles. The number of ketones is 1. The number of rotatable bonds is 3. The summed E-state index contributed by atoms with van der Waals surface area (Å²) in [6.45, 7) is 3.96. The molecule has 4 nitrogen and oxygen atoms in total. The fraction of sp³-hybridized carbons (Fsp3) is 0.529. The van der Waals surface area contributed by atoms with Crippen LogP contribution in [0.15, 0.2) is 17.1 Å². The first-order valence-electron chi connectivity index (χ1n) is 7.31. The van der Waals surface area contributed by atoms with E-state index < -0.39 is 0 Å². The molecule has 114 valence electrons. The molecular formula is C17H23NO3. The van der Waals surface area contributed by atoms with Gasteiger partial charge in [0.05, 0.1) is 7.11 Å². The fourth-order valence-corrected chi connectivity index (χ4v) is 3.30. The number of nitrogens with zero attached hydrogens (tertiary/aromatic N) is 1. The van der Waals surface area contributed by atoms with Crippen molar-refractivity contribution >= 4 is 11.5 Å². The molecule has 21 heavy (non-hydrogen) atoms. The van der Waals surface area contributed by atoms with E-state index in [0.717, 1.165) is 23.3 Å². The predicted octanol–water partition coefficient (Wildman–Crippen LogP) is 3.25. The molecule has 2 atom stereocenters. The molecule has 1 aromatic rings. The van der Waals surface area contributed by atoms with Gasteiger partial charge in [-0.15, -0.1) is 0 Å². The van der Waals surface area contributed by atoms with Gasteiger partial charge >= 0.3 is 0 Å². The summed E-state index contributed by atoms with van der Waals surface area (Å²) < 4.78 is 5.22. The number of carbonyl (C=O) groups excluding carboxylic acids is 1. The molecule has 2 rings (SSSR count). The van der Waals surface area contributed by atoms with Crippen LogP contribution < -0.4 is 4.74 Å². The molecule has 0 spiro atoms. The second-order valence-electron chi connectivity index (χ2n) is 5.71. The number of aliphatic imine (C=N–C) groups is 1. The summed E-state index contributed by atoms with van der Waals surface area (Å²) in [4.78, 5) is 16.2. The smallest absolute Gasteiger partial charge is 0.161 e. The standard InChI is InChI=1S/C17H23NO3/c1-10-5-8-15(21-4)17(20)16(10)14-9-12(19)6-7-13(14)11(2)18-3/h5,8,13-14,20H,6-7,9H2,1-4H3. The molecular weight excluding hydrogens is 266 g/mol. The van der Waals surface area contributed by atoms with E-state index in [1.165, 1.54) is 7.11 Å². The molecule has 0 aliphatic heterocycles. The number of aromatic hydroxyl groups is 1. The summed E-state index contributed by atoms with van der Waals surface area (Å²) in [5, 5.41) is 10.5. The van der Waals surface area contributed by atoms with Crippen LogP contribution in [0.25, 0.3) is 0 Å². The third-order valence-corrected chi connectivity index (χ3v) is 4.55. The molecule has 1 aromatic carbocycles. The Morgan fingerprint density at radius 2 is 2.14 bits per heavy atom. The molecule has 1 aliphatic rings. The molecule has 1 fully saturated rings. The van der Waals surface area contributed by atoms with Crippen LogP contribution in [-0.4, -0.2) is 30.8 Å². The van der Waals surface area contributed by atoms with Crippen molar-refractivity contribution in [1.82, 2.24) is 0 Å². The lowest BCUT2D eigenvalue weighted by atomic mass is 9.71. The Kier molecular flexibility index (Phi) is 4.66. The lowest BCUT2D eigenvalue weighted by molar-refractivity contribution is -0.121. The number of benzene rings is 1. The van der Waals surface area contributed by atoms with Gasteiger partial charge in [-0.3, -0.25) is 9.79 Å². The number of phenolic OH excluding ortho intramolecular Hbond substituents is 1. The summed E-state index contributed by atoms with van der Waals surface area (Å²) in [7, 11) is 3.32. The number of phenols is 1. The van der Waals surface area contributed by atoms with Crippen molar-refractivity contribution in [1.29, 1.82) is 0 Å². The van der Waals surface area contributed by atoms with Crippen LogP contribution in [0.3, 0.4) is 0 Å². The maximum atomic E-state index is 11.9. The third kappa shape index (κ3) is 2.94. The minimum atomic E-state index is -0.0231. The van der Waals surface area contributed by atoms with Crippen LogP contribution in [0.1, 0.15) is 43.2 Å². The van der Waals surface area contributed by atoms with Crippen molar-refractivity contribution in [3.63, 3.8) is 0 Å². The Balaban J connectivity index is 2.52. The van der Waals surface area contributed by atoms with E-state index in [1.54, 1.807) is 13.1 Å². The van der Waals surface area contributed by atoms with Gasteiger partial charge in [-0.2, -0.15) is 0 Å². The second kappa shape index (κ2) is 6.29. The molecule has 0 heterocycles. The quantitative estimate of drug-likeness (QED) is 0.869. The Hall–Kier alpha value is -1.84. The van der Waals surface area contributed by atoms with Gasteiger partial charge in [-0.1, -0.05) is 6.07 Å². The number of Topliss-reactive ketones (excluding diaryl/α,β-unsaturated/α-hetero) is 1. The third-order valence-electron chi connectivity index (χ3n) is 4.55. The molecule has 0 aromatic heterocycles. The predicted molar refractivity (Wildman–Crippen MR) is 83.5 cm³/mol. The number of aryl methyl sites for hydroxylation is 1. The minimum absolute atomic E-state index is 0.0231. The molecule has 0 saturated heterocycles. The first-order chi connectivity index (χ1) is 9.99. The first-order valence-corrected chi connectivity index (χ1v) is 7.31. The van der Waals surface area contributed by atoms with Gasteiger partial charge in [0, 0.05) is 43.0 Å². The van der Waals surface area contributed by atoms with Gasteiger partial charge in [-0.05, 0) is 31.9 Å². The van der Waals surface area contributed by atoms with E-state index in [4.69, 9.17) is 4.74 Å². The lowest BCUT2D eigenvalue weighted by Crippen LogP contribution is -2.29. The van der Waals surface area contributed by atoms with Crippen molar-refractivity contribution in [3.05, 3.63) is 23.3 Å². The summed E-state index contributed by atoms with van der Waals surface area (Å²) in [5.74, 6) is 1.04. The Labute approximate surface area is 125 Å². The highest BCUT2D eigenvalue weighted by Crippen LogP contribution is 2.45. The van der Waals surface area contributed by atoms with Crippen LogP contribution in [0.5, 0.6) is 11.5 Å². The van der Waals surface area contributed by atoms with Gasteiger partial charge in [0.15, 0.2) is 11.5 Å². The van der Waals surface area contributed by atoms with Gasteiger partial charge in [0.2, 0.25) is 0 Å². The lowest BCUT2D eigenvalue weighted by Gasteiger charge is -2.32. The van der Waals surface area contributed by atoms with Crippen LogP contribution in [0.4, 0.5) is 0 Å². The average molecular weight is 289 g/mol. The second-order valence-corrected chi connectivity index (χ2v) is 5.71. The number of hydrogen-bond acceptors (Lipinski definition) is 4. The summed E-state index contributed by atoms with van der Waals surface area (Å²) in [5.41, 5.74) is 2.85. The van der Waals surface area contributed by atoms with Crippen LogP contribution >= 0.6 is 0 Å². The summed E-state index contributed by atoms with van der Waals surface area (Å²) in [6, 6.07) is 3.69. The Morgan fingerprint density at radius 3 is 2.76 bits per heavy atom.